The number of rotatable bonds is 7. The summed E-state index contributed by atoms with van der Waals surface area (Å²) in [6.07, 6.45) is 1.42. The van der Waals surface area contributed by atoms with Crippen LogP contribution < -0.4 is 10.6 Å². The van der Waals surface area contributed by atoms with E-state index in [1.165, 1.54) is 24.3 Å². The third-order valence-electron chi connectivity index (χ3n) is 3.21. The van der Waals surface area contributed by atoms with Crippen molar-refractivity contribution in [2.24, 2.45) is 5.92 Å². The van der Waals surface area contributed by atoms with Gasteiger partial charge in [-0.25, -0.2) is 9.59 Å². The molecule has 24 heavy (non-hydrogen) atoms. The zero-order chi connectivity index (χ0) is 18.3. The van der Waals surface area contributed by atoms with Gasteiger partial charge in [-0.15, -0.1) is 0 Å². The summed E-state index contributed by atoms with van der Waals surface area (Å²) in [5, 5.41) is 14.0. The Morgan fingerprint density at radius 3 is 2.29 bits per heavy atom. The first-order valence-corrected chi connectivity index (χ1v) is 8.10. The molecule has 1 rings (SSSR count). The van der Waals surface area contributed by atoms with Crippen LogP contribution in [0.3, 0.4) is 0 Å². The molecule has 0 fully saturated rings. The topological polar surface area (TPSA) is 78.4 Å². The maximum absolute atomic E-state index is 12.2. The third kappa shape index (κ3) is 7.12. The van der Waals surface area contributed by atoms with Crippen molar-refractivity contribution in [3.63, 3.8) is 0 Å². The first-order chi connectivity index (χ1) is 11.1. The fraction of sp³-hybridized carbons (Fsp3) is 0.467. The molecule has 2 atom stereocenters. The van der Waals surface area contributed by atoms with E-state index in [0.29, 0.717) is 6.42 Å². The lowest BCUT2D eigenvalue weighted by Crippen LogP contribution is -2.46. The summed E-state index contributed by atoms with van der Waals surface area (Å²) in [6.45, 7) is 3.64. The quantitative estimate of drug-likeness (QED) is 0.630. The minimum absolute atomic E-state index is 0.00608. The summed E-state index contributed by atoms with van der Waals surface area (Å²) in [5.74, 6) is -1.38. The van der Waals surface area contributed by atoms with Crippen molar-refractivity contribution in [1.29, 1.82) is 0 Å². The summed E-state index contributed by atoms with van der Waals surface area (Å²) in [4.78, 5) is 23.1. The molecule has 3 N–H and O–H groups in total. The van der Waals surface area contributed by atoms with Crippen LogP contribution in [0.4, 0.5) is 23.7 Å². The van der Waals surface area contributed by atoms with Gasteiger partial charge in [0.05, 0.1) is 0 Å². The van der Waals surface area contributed by atoms with Crippen LogP contribution in [0.5, 0.6) is 0 Å². The van der Waals surface area contributed by atoms with Crippen molar-refractivity contribution in [2.75, 3.05) is 5.32 Å². The summed E-state index contributed by atoms with van der Waals surface area (Å²) >= 11 is -0.254. The van der Waals surface area contributed by atoms with Crippen LogP contribution in [-0.4, -0.2) is 28.7 Å². The number of carboxylic acid groups (broad SMARTS) is 1. The number of carboxylic acids is 1. The molecule has 0 heterocycles. The van der Waals surface area contributed by atoms with Crippen molar-refractivity contribution in [3.8, 4) is 0 Å². The standard InChI is InChI=1S/C15H19F3N2O3S/c1-3-4-9(2)12(13(21)22)20-14(23)19-10-5-7-11(8-6-10)24-15(16,17)18/h5-9,12H,3-4H2,1-2H3,(H,21,22)(H2,19,20,23). The van der Waals surface area contributed by atoms with Crippen LogP contribution in [0.1, 0.15) is 26.7 Å². The van der Waals surface area contributed by atoms with Crippen LogP contribution in [0.25, 0.3) is 0 Å². The number of aliphatic carboxylic acids is 1. The number of amides is 2. The number of alkyl halides is 3. The molecule has 9 heteroatoms. The molecule has 0 spiro atoms. The van der Waals surface area contributed by atoms with Gasteiger partial charge >= 0.3 is 17.5 Å². The minimum Gasteiger partial charge on any atom is -0.480 e. The Hall–Kier alpha value is -1.90. The minimum atomic E-state index is -4.38. The molecule has 1 aromatic carbocycles. The van der Waals surface area contributed by atoms with Gasteiger partial charge in [-0.2, -0.15) is 13.2 Å². The van der Waals surface area contributed by atoms with E-state index < -0.39 is 23.6 Å². The number of thioether (sulfide) groups is 1. The number of nitrogens with one attached hydrogen (secondary N) is 2. The van der Waals surface area contributed by atoms with Gasteiger partial charge in [0.2, 0.25) is 0 Å². The normalized spacial score (nSPS) is 13.9. The molecule has 0 saturated carbocycles. The second kappa shape index (κ2) is 8.81. The maximum atomic E-state index is 12.2. The summed E-state index contributed by atoms with van der Waals surface area (Å²) in [5.41, 5.74) is -4.11. The molecule has 0 aliphatic rings. The molecule has 0 aliphatic heterocycles. The summed E-state index contributed by atoms with van der Waals surface area (Å²) in [7, 11) is 0. The van der Waals surface area contributed by atoms with E-state index in [1.807, 2.05) is 6.92 Å². The van der Waals surface area contributed by atoms with Crippen molar-refractivity contribution < 1.29 is 27.9 Å². The lowest BCUT2D eigenvalue weighted by atomic mass is 9.97. The fourth-order valence-corrected chi connectivity index (χ4v) is 2.66. The molecular weight excluding hydrogens is 345 g/mol. The van der Waals surface area contributed by atoms with Crippen LogP contribution in [-0.2, 0) is 4.79 Å². The summed E-state index contributed by atoms with van der Waals surface area (Å²) in [6, 6.07) is 3.33. The van der Waals surface area contributed by atoms with Gasteiger partial charge < -0.3 is 15.7 Å². The monoisotopic (exact) mass is 364 g/mol. The molecule has 0 bridgehead atoms. The predicted molar refractivity (Wildman–Crippen MR) is 86.0 cm³/mol. The Labute approximate surface area is 142 Å². The molecule has 5 nitrogen and oxygen atoms in total. The molecule has 2 amide bonds. The molecule has 2 unspecified atom stereocenters. The van der Waals surface area contributed by atoms with Gasteiger partial charge in [-0.05, 0) is 48.4 Å². The number of anilines is 1. The Morgan fingerprint density at radius 1 is 1.25 bits per heavy atom. The number of benzene rings is 1. The maximum Gasteiger partial charge on any atom is 0.446 e. The highest BCUT2D eigenvalue weighted by molar-refractivity contribution is 8.00. The highest BCUT2D eigenvalue weighted by atomic mass is 32.2. The molecule has 1 aromatic rings. The Balaban J connectivity index is 2.65. The van der Waals surface area contributed by atoms with Gasteiger partial charge in [-0.3, -0.25) is 0 Å². The van der Waals surface area contributed by atoms with Crippen molar-refractivity contribution >= 4 is 29.4 Å². The highest BCUT2D eigenvalue weighted by Gasteiger charge is 2.29. The third-order valence-corrected chi connectivity index (χ3v) is 3.95. The Morgan fingerprint density at radius 2 is 1.83 bits per heavy atom. The lowest BCUT2D eigenvalue weighted by molar-refractivity contribution is -0.140. The van der Waals surface area contributed by atoms with Crippen molar-refractivity contribution in [2.45, 2.75) is 43.1 Å². The van der Waals surface area contributed by atoms with Gasteiger partial charge in [0.1, 0.15) is 6.04 Å². The van der Waals surface area contributed by atoms with E-state index in [1.54, 1.807) is 6.92 Å². The second-order valence-corrected chi connectivity index (χ2v) is 6.39. The smallest absolute Gasteiger partial charge is 0.446 e. The largest absolute Gasteiger partial charge is 0.480 e. The zero-order valence-corrected chi connectivity index (χ0v) is 14.0. The van der Waals surface area contributed by atoms with Gasteiger partial charge in [-0.1, -0.05) is 20.3 Å². The molecule has 134 valence electrons. The number of carbonyl (C=O) groups is 2. The number of halogens is 3. The fourth-order valence-electron chi connectivity index (χ4n) is 2.12. The van der Waals surface area contributed by atoms with Crippen LogP contribution in [0, 0.1) is 5.92 Å². The first kappa shape index (κ1) is 20.1. The van der Waals surface area contributed by atoms with E-state index in [-0.39, 0.29) is 28.3 Å². The van der Waals surface area contributed by atoms with E-state index in [0.717, 1.165) is 6.42 Å². The van der Waals surface area contributed by atoms with Crippen molar-refractivity contribution in [1.82, 2.24) is 5.32 Å². The Kier molecular flexibility index (Phi) is 7.40. The summed E-state index contributed by atoms with van der Waals surface area (Å²) < 4.78 is 36.7. The second-order valence-electron chi connectivity index (χ2n) is 5.25. The number of hydrogen-bond donors (Lipinski definition) is 3. The first-order valence-electron chi connectivity index (χ1n) is 7.28. The van der Waals surface area contributed by atoms with E-state index >= 15 is 0 Å². The molecular formula is C15H19F3N2O3S. The molecule has 0 radical (unpaired) electrons. The molecule has 0 aliphatic carbocycles. The number of urea groups is 1. The number of carbonyl (C=O) groups excluding carboxylic acids is 1. The van der Waals surface area contributed by atoms with Crippen LogP contribution in [0.15, 0.2) is 29.2 Å². The van der Waals surface area contributed by atoms with Crippen LogP contribution >= 0.6 is 11.8 Å². The van der Waals surface area contributed by atoms with E-state index in [4.69, 9.17) is 0 Å². The average Bonchev–Trinajstić information content (AvgIpc) is 2.45. The van der Waals surface area contributed by atoms with Gasteiger partial charge in [0.15, 0.2) is 0 Å². The van der Waals surface area contributed by atoms with E-state index in [2.05, 4.69) is 10.6 Å². The van der Waals surface area contributed by atoms with Crippen molar-refractivity contribution in [3.05, 3.63) is 24.3 Å². The van der Waals surface area contributed by atoms with Gasteiger partial charge in [0, 0.05) is 10.6 Å². The molecule has 0 saturated heterocycles. The lowest BCUT2D eigenvalue weighted by Gasteiger charge is -2.21. The van der Waals surface area contributed by atoms with Crippen LogP contribution in [0.2, 0.25) is 0 Å². The average molecular weight is 364 g/mol. The number of hydrogen-bond acceptors (Lipinski definition) is 3. The SMILES string of the molecule is CCCC(C)C(NC(=O)Nc1ccc(SC(F)(F)F)cc1)C(=O)O. The Bertz CT molecular complexity index is 564. The highest BCUT2D eigenvalue weighted by Crippen LogP contribution is 2.37. The van der Waals surface area contributed by atoms with E-state index in [9.17, 15) is 27.9 Å². The van der Waals surface area contributed by atoms with Gasteiger partial charge in [0.25, 0.3) is 0 Å². The predicted octanol–water partition coefficient (Wildman–Crippen LogP) is 4.31. The zero-order valence-electron chi connectivity index (χ0n) is 13.2. The molecule has 0 aromatic heterocycles.